The molecule has 0 N–H and O–H groups in total. The highest BCUT2D eigenvalue weighted by molar-refractivity contribution is 5.84. The summed E-state index contributed by atoms with van der Waals surface area (Å²) in [7, 11) is 0. The highest BCUT2D eigenvalue weighted by Gasteiger charge is 2.26. The SMILES string of the molecule is Cc1ccccc1[N]C(=O)C1CCC1. The average Bonchev–Trinajstić information content (AvgIpc) is 2.05. The maximum absolute atomic E-state index is 11.6. The van der Waals surface area contributed by atoms with Gasteiger partial charge in [0, 0.05) is 5.92 Å². The van der Waals surface area contributed by atoms with Gasteiger partial charge in [-0.1, -0.05) is 24.6 Å². The normalized spacial score (nSPS) is 16.1. The first-order chi connectivity index (χ1) is 6.77. The van der Waals surface area contributed by atoms with Crippen molar-refractivity contribution in [2.75, 3.05) is 0 Å². The summed E-state index contributed by atoms with van der Waals surface area (Å²) in [5, 5.41) is 4.14. The molecule has 1 aromatic rings. The molecule has 0 aromatic heterocycles. The van der Waals surface area contributed by atoms with Crippen LogP contribution in [-0.4, -0.2) is 5.91 Å². The fourth-order valence-corrected chi connectivity index (χ4v) is 1.55. The Balaban J connectivity index is 2.03. The van der Waals surface area contributed by atoms with Crippen LogP contribution in [0.15, 0.2) is 24.3 Å². The summed E-state index contributed by atoms with van der Waals surface area (Å²) in [5.74, 6) is 0.264. The van der Waals surface area contributed by atoms with Gasteiger partial charge in [0.05, 0.1) is 5.69 Å². The van der Waals surface area contributed by atoms with Crippen molar-refractivity contribution in [2.24, 2.45) is 5.92 Å². The van der Waals surface area contributed by atoms with Gasteiger partial charge in [-0.25, -0.2) is 5.32 Å². The number of aryl methyl sites for hydroxylation is 1. The predicted octanol–water partition coefficient (Wildman–Crippen LogP) is 2.56. The summed E-state index contributed by atoms with van der Waals surface area (Å²) in [5.41, 5.74) is 1.89. The molecule has 0 saturated heterocycles. The second-order valence-corrected chi connectivity index (χ2v) is 3.86. The molecule has 1 aliphatic rings. The molecule has 1 amide bonds. The van der Waals surface area contributed by atoms with Crippen molar-refractivity contribution in [3.63, 3.8) is 0 Å². The molecule has 0 unspecified atom stereocenters. The zero-order chi connectivity index (χ0) is 9.97. The molecule has 0 heterocycles. The molecule has 1 aliphatic carbocycles. The number of para-hydroxylation sites is 1. The Bertz CT molecular complexity index is 342. The van der Waals surface area contributed by atoms with Gasteiger partial charge in [-0.2, -0.15) is 0 Å². The number of hydrogen-bond acceptors (Lipinski definition) is 1. The molecule has 0 bridgehead atoms. The molecule has 1 aromatic carbocycles. The molecule has 73 valence electrons. The van der Waals surface area contributed by atoms with E-state index in [1.807, 2.05) is 31.2 Å². The van der Waals surface area contributed by atoms with Crippen molar-refractivity contribution in [2.45, 2.75) is 26.2 Å². The average molecular weight is 188 g/mol. The fraction of sp³-hybridized carbons (Fsp3) is 0.417. The number of benzene rings is 1. The Morgan fingerprint density at radius 3 is 2.64 bits per heavy atom. The van der Waals surface area contributed by atoms with E-state index >= 15 is 0 Å². The first kappa shape index (κ1) is 9.25. The number of carbonyl (C=O) groups is 1. The summed E-state index contributed by atoms with van der Waals surface area (Å²) in [4.78, 5) is 11.6. The van der Waals surface area contributed by atoms with Gasteiger partial charge in [-0.05, 0) is 31.4 Å². The number of amides is 1. The third-order valence-electron chi connectivity index (χ3n) is 2.80. The minimum Gasteiger partial charge on any atom is -0.272 e. The second kappa shape index (κ2) is 3.82. The first-order valence-corrected chi connectivity index (χ1v) is 5.08. The third kappa shape index (κ3) is 1.79. The third-order valence-corrected chi connectivity index (χ3v) is 2.80. The lowest BCUT2D eigenvalue weighted by Crippen LogP contribution is -2.27. The van der Waals surface area contributed by atoms with Crippen LogP contribution in [-0.2, 0) is 4.79 Å². The molecule has 1 radical (unpaired) electrons. The van der Waals surface area contributed by atoms with Crippen molar-refractivity contribution in [3.05, 3.63) is 29.8 Å². The van der Waals surface area contributed by atoms with Gasteiger partial charge in [0.1, 0.15) is 0 Å². The van der Waals surface area contributed by atoms with Crippen molar-refractivity contribution in [3.8, 4) is 0 Å². The van der Waals surface area contributed by atoms with E-state index in [1.165, 1.54) is 6.42 Å². The van der Waals surface area contributed by atoms with Crippen molar-refractivity contribution in [1.82, 2.24) is 5.32 Å². The predicted molar refractivity (Wildman–Crippen MR) is 55.3 cm³/mol. The fourth-order valence-electron chi connectivity index (χ4n) is 1.55. The topological polar surface area (TPSA) is 31.2 Å². The standard InChI is InChI=1S/C12H14NO/c1-9-5-2-3-8-11(9)13-12(14)10-6-4-7-10/h2-3,5,8,10H,4,6-7H2,1H3. The van der Waals surface area contributed by atoms with Gasteiger partial charge in [0.2, 0.25) is 5.91 Å². The zero-order valence-corrected chi connectivity index (χ0v) is 8.36. The zero-order valence-electron chi connectivity index (χ0n) is 8.36. The van der Waals surface area contributed by atoms with Crippen LogP contribution in [0.2, 0.25) is 0 Å². The minimum absolute atomic E-state index is 0.0607. The summed E-state index contributed by atoms with van der Waals surface area (Å²) in [6, 6.07) is 7.75. The number of hydrogen-bond donors (Lipinski definition) is 0. The van der Waals surface area contributed by atoms with E-state index < -0.39 is 0 Å². The van der Waals surface area contributed by atoms with E-state index in [1.54, 1.807) is 0 Å². The molecule has 1 saturated carbocycles. The molecule has 0 aliphatic heterocycles. The van der Waals surface area contributed by atoms with Crippen LogP contribution in [0.5, 0.6) is 0 Å². The Morgan fingerprint density at radius 2 is 2.07 bits per heavy atom. The summed E-state index contributed by atoms with van der Waals surface area (Å²) in [6.45, 7) is 1.98. The van der Waals surface area contributed by atoms with Crippen molar-refractivity contribution >= 4 is 11.6 Å². The van der Waals surface area contributed by atoms with Crippen LogP contribution >= 0.6 is 0 Å². The molecule has 2 rings (SSSR count). The van der Waals surface area contributed by atoms with Crippen LogP contribution in [0.3, 0.4) is 0 Å². The molecule has 0 spiro atoms. The van der Waals surface area contributed by atoms with Crippen LogP contribution < -0.4 is 5.32 Å². The summed E-state index contributed by atoms with van der Waals surface area (Å²) < 4.78 is 0. The highest BCUT2D eigenvalue weighted by Crippen LogP contribution is 2.28. The molecule has 1 fully saturated rings. The molecule has 2 nitrogen and oxygen atoms in total. The Labute approximate surface area is 84.3 Å². The number of rotatable bonds is 2. The van der Waals surface area contributed by atoms with Gasteiger partial charge < -0.3 is 0 Å². The second-order valence-electron chi connectivity index (χ2n) is 3.86. The highest BCUT2D eigenvalue weighted by atomic mass is 16.1. The lowest BCUT2D eigenvalue weighted by atomic mass is 9.85. The maximum Gasteiger partial charge on any atom is 0.249 e. The van der Waals surface area contributed by atoms with Gasteiger partial charge >= 0.3 is 0 Å². The van der Waals surface area contributed by atoms with Crippen LogP contribution in [0.4, 0.5) is 5.69 Å². The van der Waals surface area contributed by atoms with E-state index in [0.29, 0.717) is 0 Å². The molecule has 2 heteroatoms. The van der Waals surface area contributed by atoms with E-state index in [0.717, 1.165) is 24.1 Å². The van der Waals surface area contributed by atoms with Gasteiger partial charge in [0.15, 0.2) is 0 Å². The lowest BCUT2D eigenvalue weighted by Gasteiger charge is -2.23. The summed E-state index contributed by atoms with van der Waals surface area (Å²) in [6.07, 6.45) is 3.22. The van der Waals surface area contributed by atoms with Gasteiger partial charge in [0.25, 0.3) is 0 Å². The van der Waals surface area contributed by atoms with Gasteiger partial charge in [-0.15, -0.1) is 0 Å². The van der Waals surface area contributed by atoms with E-state index in [2.05, 4.69) is 5.32 Å². The molecule has 0 atom stereocenters. The minimum atomic E-state index is 0.0607. The first-order valence-electron chi connectivity index (χ1n) is 5.08. The van der Waals surface area contributed by atoms with Crippen LogP contribution in [0.1, 0.15) is 24.8 Å². The quantitative estimate of drug-likeness (QED) is 0.701. The van der Waals surface area contributed by atoms with E-state index in [-0.39, 0.29) is 11.8 Å². The summed E-state index contributed by atoms with van der Waals surface area (Å²) >= 11 is 0. The number of carbonyl (C=O) groups excluding carboxylic acids is 1. The van der Waals surface area contributed by atoms with Crippen LogP contribution in [0.25, 0.3) is 0 Å². The van der Waals surface area contributed by atoms with E-state index in [9.17, 15) is 4.79 Å². The molecular weight excluding hydrogens is 174 g/mol. The largest absolute Gasteiger partial charge is 0.272 e. The van der Waals surface area contributed by atoms with E-state index in [4.69, 9.17) is 0 Å². The Morgan fingerprint density at radius 1 is 1.36 bits per heavy atom. The maximum atomic E-state index is 11.6. The Kier molecular flexibility index (Phi) is 2.53. The van der Waals surface area contributed by atoms with Gasteiger partial charge in [-0.3, -0.25) is 4.79 Å². The molecule has 14 heavy (non-hydrogen) atoms. The van der Waals surface area contributed by atoms with Crippen LogP contribution in [0, 0.1) is 12.8 Å². The van der Waals surface area contributed by atoms with Crippen molar-refractivity contribution in [1.29, 1.82) is 0 Å². The monoisotopic (exact) mass is 188 g/mol. The lowest BCUT2D eigenvalue weighted by molar-refractivity contribution is -0.126. The smallest absolute Gasteiger partial charge is 0.249 e. The van der Waals surface area contributed by atoms with Crippen molar-refractivity contribution < 1.29 is 4.79 Å². The Hall–Kier alpha value is -1.31. The molecular formula is C12H14NO. The number of nitrogens with zero attached hydrogens (tertiary/aromatic N) is 1.